The van der Waals surface area contributed by atoms with Crippen LogP contribution in [-0.2, 0) is 4.79 Å². The summed E-state index contributed by atoms with van der Waals surface area (Å²) in [4.78, 5) is 44.8. The molecule has 0 atom stereocenters. The Morgan fingerprint density at radius 2 is 1.87 bits per heavy atom. The molecular formula is C29H30N8O2. The first kappa shape index (κ1) is 24.7. The zero-order chi connectivity index (χ0) is 26.9. The van der Waals surface area contributed by atoms with Crippen molar-refractivity contribution < 1.29 is 9.59 Å². The molecule has 1 saturated heterocycles. The molecule has 0 spiro atoms. The first-order valence-electron chi connectivity index (χ1n) is 13.1. The first-order valence-corrected chi connectivity index (χ1v) is 13.1. The summed E-state index contributed by atoms with van der Waals surface area (Å²) in [6.07, 6.45) is 5.11. The highest BCUT2D eigenvalue weighted by molar-refractivity contribution is 6.21. The minimum atomic E-state index is -0.308. The summed E-state index contributed by atoms with van der Waals surface area (Å²) in [5.41, 5.74) is 3.91. The van der Waals surface area contributed by atoms with Crippen LogP contribution in [0.2, 0.25) is 0 Å². The molecule has 2 aromatic carbocycles. The summed E-state index contributed by atoms with van der Waals surface area (Å²) in [7, 11) is 2.17. The lowest BCUT2D eigenvalue weighted by molar-refractivity contribution is -0.111. The molecule has 2 amide bonds. The SMILES string of the molecule is C=CC(=O)Nc1cccc(N2C3=NCCN3C(=O)c3cnc(Nc4ccc(C5CCN(C)CC5)cc4)nc32)c1. The third-order valence-corrected chi connectivity index (χ3v) is 7.39. The van der Waals surface area contributed by atoms with E-state index in [0.29, 0.717) is 53.7 Å². The van der Waals surface area contributed by atoms with Crippen LogP contribution in [0.25, 0.3) is 0 Å². The number of nitrogens with one attached hydrogen (secondary N) is 2. The Morgan fingerprint density at radius 1 is 1.08 bits per heavy atom. The molecule has 0 unspecified atom stereocenters. The van der Waals surface area contributed by atoms with Crippen LogP contribution >= 0.6 is 0 Å². The van der Waals surface area contributed by atoms with Gasteiger partial charge < -0.3 is 15.5 Å². The van der Waals surface area contributed by atoms with Gasteiger partial charge in [-0.25, -0.2) is 4.98 Å². The van der Waals surface area contributed by atoms with Gasteiger partial charge in [-0.3, -0.25) is 24.4 Å². The van der Waals surface area contributed by atoms with E-state index in [0.717, 1.165) is 18.8 Å². The highest BCUT2D eigenvalue weighted by Gasteiger charge is 2.39. The van der Waals surface area contributed by atoms with Crippen molar-refractivity contribution in [3.63, 3.8) is 0 Å². The van der Waals surface area contributed by atoms with Gasteiger partial charge >= 0.3 is 0 Å². The number of rotatable bonds is 6. The van der Waals surface area contributed by atoms with Gasteiger partial charge in [-0.15, -0.1) is 0 Å². The summed E-state index contributed by atoms with van der Waals surface area (Å²) in [6, 6.07) is 15.8. The number of amides is 2. The van der Waals surface area contributed by atoms with Crippen LogP contribution in [0.3, 0.4) is 0 Å². The maximum atomic E-state index is 13.3. The molecule has 2 N–H and O–H groups in total. The zero-order valence-corrected chi connectivity index (χ0v) is 21.8. The Morgan fingerprint density at radius 3 is 2.64 bits per heavy atom. The molecule has 6 rings (SSSR count). The van der Waals surface area contributed by atoms with Gasteiger partial charge in [0, 0.05) is 24.1 Å². The van der Waals surface area contributed by atoms with Gasteiger partial charge in [-0.05, 0) is 80.9 Å². The lowest BCUT2D eigenvalue weighted by Crippen LogP contribution is -2.48. The number of likely N-dealkylation sites (tertiary alicyclic amines) is 1. The predicted octanol–water partition coefficient (Wildman–Crippen LogP) is 4.12. The number of carbonyl (C=O) groups is 2. The monoisotopic (exact) mass is 522 g/mol. The van der Waals surface area contributed by atoms with Crippen LogP contribution in [0, 0.1) is 0 Å². The molecule has 0 radical (unpaired) electrons. The van der Waals surface area contributed by atoms with Crippen molar-refractivity contribution in [2.75, 3.05) is 48.8 Å². The fourth-order valence-corrected chi connectivity index (χ4v) is 5.28. The van der Waals surface area contributed by atoms with Gasteiger partial charge in [-0.1, -0.05) is 24.8 Å². The average Bonchev–Trinajstić information content (AvgIpc) is 3.44. The second-order valence-electron chi connectivity index (χ2n) is 9.97. The predicted molar refractivity (Wildman–Crippen MR) is 152 cm³/mol. The van der Waals surface area contributed by atoms with Crippen molar-refractivity contribution in [1.82, 2.24) is 19.8 Å². The molecule has 10 heteroatoms. The van der Waals surface area contributed by atoms with Crippen molar-refractivity contribution in [1.29, 1.82) is 0 Å². The number of nitrogens with zero attached hydrogens (tertiary/aromatic N) is 6. The summed E-state index contributed by atoms with van der Waals surface area (Å²) < 4.78 is 0. The molecule has 39 heavy (non-hydrogen) atoms. The summed E-state index contributed by atoms with van der Waals surface area (Å²) >= 11 is 0. The Balaban J connectivity index is 1.30. The maximum absolute atomic E-state index is 13.3. The van der Waals surface area contributed by atoms with Gasteiger partial charge in [0.1, 0.15) is 5.56 Å². The molecule has 1 aromatic heterocycles. The van der Waals surface area contributed by atoms with Crippen LogP contribution < -0.4 is 15.5 Å². The molecule has 1 fully saturated rings. The van der Waals surface area contributed by atoms with Gasteiger partial charge in [0.2, 0.25) is 17.8 Å². The van der Waals surface area contributed by atoms with E-state index in [4.69, 9.17) is 4.98 Å². The molecule has 3 aliphatic rings. The Kier molecular flexibility index (Phi) is 6.54. The Labute approximate surface area is 227 Å². The van der Waals surface area contributed by atoms with E-state index in [1.165, 1.54) is 24.5 Å². The van der Waals surface area contributed by atoms with Crippen molar-refractivity contribution >= 4 is 46.6 Å². The number of aromatic nitrogens is 2. The van der Waals surface area contributed by atoms with E-state index in [2.05, 4.69) is 51.3 Å². The third-order valence-electron chi connectivity index (χ3n) is 7.39. The Hall–Kier alpha value is -4.57. The second-order valence-corrected chi connectivity index (χ2v) is 9.97. The number of anilines is 5. The number of hydrogen-bond acceptors (Lipinski definition) is 8. The van der Waals surface area contributed by atoms with Crippen LogP contribution in [-0.4, -0.2) is 70.8 Å². The largest absolute Gasteiger partial charge is 0.324 e. The van der Waals surface area contributed by atoms with Gasteiger partial charge in [0.15, 0.2) is 5.82 Å². The highest BCUT2D eigenvalue weighted by atomic mass is 16.2. The highest BCUT2D eigenvalue weighted by Crippen LogP contribution is 2.36. The van der Waals surface area contributed by atoms with Crippen LogP contribution in [0.15, 0.2) is 72.4 Å². The lowest BCUT2D eigenvalue weighted by atomic mass is 9.89. The molecule has 3 aliphatic heterocycles. The number of benzene rings is 2. The molecule has 10 nitrogen and oxygen atoms in total. The third kappa shape index (κ3) is 4.86. The zero-order valence-electron chi connectivity index (χ0n) is 21.8. The number of guanidine groups is 1. The van der Waals surface area contributed by atoms with Gasteiger partial charge in [0.05, 0.1) is 12.2 Å². The van der Waals surface area contributed by atoms with E-state index < -0.39 is 0 Å². The van der Waals surface area contributed by atoms with Crippen LogP contribution in [0.4, 0.5) is 28.8 Å². The van der Waals surface area contributed by atoms with Crippen LogP contribution in [0.1, 0.15) is 34.7 Å². The van der Waals surface area contributed by atoms with Crippen LogP contribution in [0.5, 0.6) is 0 Å². The quantitative estimate of drug-likeness (QED) is 0.469. The Bertz CT molecular complexity index is 1460. The first-order chi connectivity index (χ1) is 19.0. The topological polar surface area (TPSA) is 106 Å². The summed E-state index contributed by atoms with van der Waals surface area (Å²) in [6.45, 7) is 6.74. The van der Waals surface area contributed by atoms with E-state index in [1.54, 1.807) is 17.2 Å². The number of fused-ring (bicyclic) bond motifs is 2. The van der Waals surface area contributed by atoms with Crippen molar-refractivity contribution in [2.24, 2.45) is 4.99 Å². The minimum absolute atomic E-state index is 0.178. The fourth-order valence-electron chi connectivity index (χ4n) is 5.28. The minimum Gasteiger partial charge on any atom is -0.324 e. The van der Waals surface area contributed by atoms with Gasteiger partial charge in [-0.2, -0.15) is 4.98 Å². The van der Waals surface area contributed by atoms with Crippen molar-refractivity contribution in [2.45, 2.75) is 18.8 Å². The fraction of sp³-hybridized carbons (Fsp3) is 0.276. The number of hydrogen-bond donors (Lipinski definition) is 2. The molecule has 3 aromatic rings. The van der Waals surface area contributed by atoms with Crippen molar-refractivity contribution in [3.05, 3.63) is 78.5 Å². The number of piperidine rings is 1. The van der Waals surface area contributed by atoms with Gasteiger partial charge in [0.25, 0.3) is 5.91 Å². The van der Waals surface area contributed by atoms with Crippen molar-refractivity contribution in [3.8, 4) is 0 Å². The maximum Gasteiger partial charge on any atom is 0.266 e. The second kappa shape index (κ2) is 10.3. The van der Waals surface area contributed by atoms with E-state index in [1.807, 2.05) is 35.2 Å². The summed E-state index contributed by atoms with van der Waals surface area (Å²) in [5, 5.41) is 6.08. The molecular weight excluding hydrogens is 492 g/mol. The molecule has 0 aliphatic carbocycles. The van der Waals surface area contributed by atoms with E-state index in [-0.39, 0.29) is 11.8 Å². The molecule has 0 saturated carbocycles. The standard InChI is InChI=1S/C29H30N8O2/c1-3-25(38)32-22-5-4-6-23(17-22)37-26-24(27(39)36-16-13-30-29(36)37)18-31-28(34-26)33-21-9-7-19(8-10-21)20-11-14-35(2)15-12-20/h3-10,17-18,20H,1,11-16H2,2H3,(H,32,38)(H,31,33,34). The number of aliphatic imine (C=N–C) groups is 1. The average molecular weight is 523 g/mol. The number of carbonyl (C=O) groups excluding carboxylic acids is 2. The summed E-state index contributed by atoms with van der Waals surface area (Å²) in [5.74, 6) is 1.41. The normalized spacial score (nSPS) is 17.4. The van der Waals surface area contributed by atoms with E-state index >= 15 is 0 Å². The molecule has 0 bridgehead atoms. The molecule has 198 valence electrons. The smallest absolute Gasteiger partial charge is 0.266 e. The molecule has 4 heterocycles. The lowest BCUT2D eigenvalue weighted by Gasteiger charge is -2.35. The van der Waals surface area contributed by atoms with E-state index in [9.17, 15) is 9.59 Å².